The van der Waals surface area contributed by atoms with E-state index in [1.165, 1.54) is 5.56 Å². The molecule has 0 radical (unpaired) electrons. The number of nitrogens with zero attached hydrogens (tertiary/aromatic N) is 1. The summed E-state index contributed by atoms with van der Waals surface area (Å²) in [5.74, 6) is -0.323. The lowest BCUT2D eigenvalue weighted by Crippen LogP contribution is -2.30. The van der Waals surface area contributed by atoms with Crippen LogP contribution in [0, 0.1) is 0 Å². The Morgan fingerprint density at radius 1 is 1.47 bits per heavy atom. The van der Waals surface area contributed by atoms with Crippen LogP contribution >= 0.6 is 0 Å². The first-order valence-electron chi connectivity index (χ1n) is 6.14. The van der Waals surface area contributed by atoms with E-state index in [1.807, 2.05) is 26.8 Å². The monoisotopic (exact) mass is 233 g/mol. The number of aromatic nitrogens is 1. The van der Waals surface area contributed by atoms with Gasteiger partial charge in [-0.15, -0.1) is 0 Å². The Morgan fingerprint density at radius 3 is 2.94 bits per heavy atom. The van der Waals surface area contributed by atoms with Gasteiger partial charge in [0.05, 0.1) is 11.6 Å². The Labute approximate surface area is 102 Å². The molecule has 3 nitrogen and oxygen atoms in total. The van der Waals surface area contributed by atoms with E-state index >= 15 is 0 Å². The zero-order valence-electron chi connectivity index (χ0n) is 10.7. The summed E-state index contributed by atoms with van der Waals surface area (Å²) in [4.78, 5) is 16.5. The summed E-state index contributed by atoms with van der Waals surface area (Å²) < 4.78 is 5.46. The Balaban J connectivity index is 2.21. The van der Waals surface area contributed by atoms with Crippen molar-refractivity contribution in [3.05, 3.63) is 29.6 Å². The number of aryl methyl sites for hydroxylation is 1. The fraction of sp³-hybridized carbons (Fsp3) is 0.571. The van der Waals surface area contributed by atoms with Crippen LogP contribution in [-0.2, 0) is 16.0 Å². The van der Waals surface area contributed by atoms with E-state index in [1.54, 1.807) is 6.20 Å². The van der Waals surface area contributed by atoms with E-state index < -0.39 is 5.60 Å². The van der Waals surface area contributed by atoms with Crippen molar-refractivity contribution in [2.75, 3.05) is 0 Å². The third-order valence-corrected chi connectivity index (χ3v) is 2.89. The molecule has 0 saturated carbocycles. The van der Waals surface area contributed by atoms with E-state index in [2.05, 4.69) is 11.1 Å². The maximum atomic E-state index is 12.1. The lowest BCUT2D eigenvalue weighted by Gasteiger charge is -2.27. The SMILES string of the molecule is CC(C)(C)OC(=O)[C@H]1CCCc2cccnc21. The highest BCUT2D eigenvalue weighted by molar-refractivity contribution is 5.78. The summed E-state index contributed by atoms with van der Waals surface area (Å²) in [5, 5.41) is 0. The second-order valence-electron chi connectivity index (χ2n) is 5.53. The molecule has 1 aliphatic carbocycles. The minimum atomic E-state index is -0.427. The van der Waals surface area contributed by atoms with Crippen molar-refractivity contribution in [3.63, 3.8) is 0 Å². The molecule has 1 aliphatic rings. The molecule has 17 heavy (non-hydrogen) atoms. The molecule has 0 saturated heterocycles. The molecule has 2 rings (SSSR count). The smallest absolute Gasteiger partial charge is 0.315 e. The normalized spacial score (nSPS) is 19.6. The van der Waals surface area contributed by atoms with Crippen LogP contribution in [0.2, 0.25) is 0 Å². The van der Waals surface area contributed by atoms with Gasteiger partial charge in [-0.1, -0.05) is 6.07 Å². The van der Waals surface area contributed by atoms with Crippen LogP contribution in [0.4, 0.5) is 0 Å². The molecule has 3 heteroatoms. The number of rotatable bonds is 1. The molecule has 0 fully saturated rings. The van der Waals surface area contributed by atoms with Crippen molar-refractivity contribution in [1.82, 2.24) is 4.98 Å². The van der Waals surface area contributed by atoms with Crippen LogP contribution in [0.1, 0.15) is 50.8 Å². The predicted molar refractivity (Wildman–Crippen MR) is 65.8 cm³/mol. The van der Waals surface area contributed by atoms with Crippen LogP contribution in [0.15, 0.2) is 18.3 Å². The molecule has 1 atom stereocenters. The Hall–Kier alpha value is -1.38. The highest BCUT2D eigenvalue weighted by Gasteiger charge is 2.31. The van der Waals surface area contributed by atoms with Crippen molar-refractivity contribution < 1.29 is 9.53 Å². The van der Waals surface area contributed by atoms with E-state index in [9.17, 15) is 4.79 Å². The highest BCUT2D eigenvalue weighted by atomic mass is 16.6. The molecule has 1 aromatic rings. The number of ether oxygens (including phenoxy) is 1. The van der Waals surface area contributed by atoms with Crippen LogP contribution in [0.5, 0.6) is 0 Å². The van der Waals surface area contributed by atoms with Gasteiger partial charge in [0.1, 0.15) is 5.60 Å². The second kappa shape index (κ2) is 4.47. The zero-order valence-corrected chi connectivity index (χ0v) is 10.7. The molecule has 1 aromatic heterocycles. The predicted octanol–water partition coefficient (Wildman–Crippen LogP) is 2.84. The Morgan fingerprint density at radius 2 is 2.24 bits per heavy atom. The molecule has 0 amide bonds. The summed E-state index contributed by atoms with van der Waals surface area (Å²) in [6, 6.07) is 3.98. The molecule has 0 unspecified atom stereocenters. The maximum absolute atomic E-state index is 12.1. The van der Waals surface area contributed by atoms with E-state index in [0.717, 1.165) is 25.0 Å². The first kappa shape index (κ1) is 12.1. The molecule has 0 bridgehead atoms. The highest BCUT2D eigenvalue weighted by Crippen LogP contribution is 2.31. The van der Waals surface area contributed by atoms with Gasteiger partial charge in [0.25, 0.3) is 0 Å². The summed E-state index contributed by atoms with van der Waals surface area (Å²) in [6.45, 7) is 5.69. The third-order valence-electron chi connectivity index (χ3n) is 2.89. The van der Waals surface area contributed by atoms with Gasteiger partial charge in [0, 0.05) is 6.20 Å². The van der Waals surface area contributed by atoms with Crippen molar-refractivity contribution in [2.45, 2.75) is 51.6 Å². The van der Waals surface area contributed by atoms with Gasteiger partial charge in [-0.25, -0.2) is 0 Å². The molecule has 0 spiro atoms. The Kier molecular flexibility index (Phi) is 3.18. The van der Waals surface area contributed by atoms with Gasteiger partial charge in [0.2, 0.25) is 0 Å². The van der Waals surface area contributed by atoms with Crippen LogP contribution in [-0.4, -0.2) is 16.6 Å². The molecule has 0 N–H and O–H groups in total. The quantitative estimate of drug-likeness (QED) is 0.700. The van der Waals surface area contributed by atoms with Crippen LogP contribution in [0.25, 0.3) is 0 Å². The first-order chi connectivity index (χ1) is 7.97. The molecule has 0 aliphatic heterocycles. The fourth-order valence-electron chi connectivity index (χ4n) is 2.21. The van der Waals surface area contributed by atoms with Crippen molar-refractivity contribution in [1.29, 1.82) is 0 Å². The number of esters is 1. The topological polar surface area (TPSA) is 39.2 Å². The molecule has 1 heterocycles. The molecule has 92 valence electrons. The minimum absolute atomic E-state index is 0.142. The standard InChI is InChI=1S/C14H19NO2/c1-14(2,3)17-13(16)11-8-4-6-10-7-5-9-15-12(10)11/h5,7,9,11H,4,6,8H2,1-3H3/t11-/m0/s1. The third kappa shape index (κ3) is 2.84. The van der Waals surface area contributed by atoms with Gasteiger partial charge in [-0.05, 0) is 51.7 Å². The molecular formula is C14H19NO2. The number of fused-ring (bicyclic) bond motifs is 1. The number of hydrogen-bond donors (Lipinski definition) is 0. The average molecular weight is 233 g/mol. The molecular weight excluding hydrogens is 214 g/mol. The fourth-order valence-corrected chi connectivity index (χ4v) is 2.21. The minimum Gasteiger partial charge on any atom is -0.459 e. The number of hydrogen-bond acceptors (Lipinski definition) is 3. The first-order valence-corrected chi connectivity index (χ1v) is 6.14. The van der Waals surface area contributed by atoms with Crippen molar-refractivity contribution in [2.24, 2.45) is 0 Å². The van der Waals surface area contributed by atoms with Gasteiger partial charge < -0.3 is 4.74 Å². The van der Waals surface area contributed by atoms with Gasteiger partial charge in [-0.2, -0.15) is 0 Å². The lowest BCUT2D eigenvalue weighted by atomic mass is 9.86. The number of pyridine rings is 1. The average Bonchev–Trinajstić information content (AvgIpc) is 2.26. The van der Waals surface area contributed by atoms with Crippen molar-refractivity contribution in [3.8, 4) is 0 Å². The van der Waals surface area contributed by atoms with Gasteiger partial charge in [-0.3, -0.25) is 9.78 Å². The second-order valence-corrected chi connectivity index (χ2v) is 5.53. The van der Waals surface area contributed by atoms with E-state index in [4.69, 9.17) is 4.74 Å². The zero-order chi connectivity index (χ0) is 12.5. The lowest BCUT2D eigenvalue weighted by molar-refractivity contribution is -0.157. The summed E-state index contributed by atoms with van der Waals surface area (Å²) >= 11 is 0. The maximum Gasteiger partial charge on any atom is 0.315 e. The van der Waals surface area contributed by atoms with Crippen molar-refractivity contribution >= 4 is 5.97 Å². The number of carbonyl (C=O) groups is 1. The number of carbonyl (C=O) groups excluding carboxylic acids is 1. The van der Waals surface area contributed by atoms with E-state index in [-0.39, 0.29) is 11.9 Å². The van der Waals surface area contributed by atoms with Crippen LogP contribution < -0.4 is 0 Å². The summed E-state index contributed by atoms with van der Waals surface area (Å²) in [6.07, 6.45) is 4.64. The van der Waals surface area contributed by atoms with Gasteiger partial charge >= 0.3 is 5.97 Å². The molecule has 0 aromatic carbocycles. The van der Waals surface area contributed by atoms with Gasteiger partial charge in [0.15, 0.2) is 0 Å². The summed E-state index contributed by atoms with van der Waals surface area (Å²) in [7, 11) is 0. The van der Waals surface area contributed by atoms with Crippen LogP contribution in [0.3, 0.4) is 0 Å². The van der Waals surface area contributed by atoms with E-state index in [0.29, 0.717) is 0 Å². The summed E-state index contributed by atoms with van der Waals surface area (Å²) in [5.41, 5.74) is 1.67. The largest absolute Gasteiger partial charge is 0.459 e. The Bertz CT molecular complexity index is 420.